The Morgan fingerprint density at radius 3 is 2.46 bits per heavy atom. The summed E-state index contributed by atoms with van der Waals surface area (Å²) in [5.41, 5.74) is 1.73. The fourth-order valence-electron chi connectivity index (χ4n) is 2.14. The van der Waals surface area contributed by atoms with Crippen LogP contribution in [0.2, 0.25) is 0 Å². The number of hydrogen-bond donors (Lipinski definition) is 0. The van der Waals surface area contributed by atoms with E-state index in [0.29, 0.717) is 11.7 Å². The standard InChI is InChI=1S/C16H14N2O5S/c19-24(20,21)22-11-10-18-8-6-14(7-9-18)16-17-12-15(23-16)13-4-2-1-3-5-13/h1-9,12H,10-11H2. The molecule has 8 heteroatoms. The second-order valence-corrected chi connectivity index (χ2v) is 6.00. The molecule has 124 valence electrons. The Hall–Kier alpha value is -2.55. The Kier molecular flexibility index (Phi) is 4.70. The van der Waals surface area contributed by atoms with Crippen molar-refractivity contribution in [2.45, 2.75) is 6.54 Å². The molecule has 2 aromatic heterocycles. The van der Waals surface area contributed by atoms with Crippen LogP contribution in [-0.4, -0.2) is 24.6 Å². The number of rotatable bonds is 6. The smallest absolute Gasteiger partial charge is 0.227 e. The molecule has 0 spiro atoms. The summed E-state index contributed by atoms with van der Waals surface area (Å²) >= 11 is 0. The van der Waals surface area contributed by atoms with Crippen LogP contribution in [0.1, 0.15) is 0 Å². The van der Waals surface area contributed by atoms with Gasteiger partial charge in [-0.2, -0.15) is 0 Å². The first kappa shape index (κ1) is 16.3. The average Bonchev–Trinajstić information content (AvgIpc) is 3.05. The summed E-state index contributed by atoms with van der Waals surface area (Å²) in [6.07, 6.45) is 5.11. The maximum Gasteiger partial charge on any atom is 0.227 e. The number of pyridine rings is 1. The average molecular weight is 346 g/mol. The molecular formula is C16H14N2O5S. The van der Waals surface area contributed by atoms with Gasteiger partial charge in [-0.15, -0.1) is 0 Å². The van der Waals surface area contributed by atoms with Gasteiger partial charge in [-0.1, -0.05) is 30.3 Å². The summed E-state index contributed by atoms with van der Waals surface area (Å²) < 4.78 is 42.7. The highest BCUT2D eigenvalue weighted by atomic mass is 32.3. The lowest BCUT2D eigenvalue weighted by Crippen LogP contribution is -2.35. The molecule has 0 aliphatic rings. The van der Waals surface area contributed by atoms with Gasteiger partial charge in [0.05, 0.1) is 6.20 Å². The fraction of sp³-hybridized carbons (Fsp3) is 0.125. The topological polar surface area (TPSA) is 96.3 Å². The molecule has 0 saturated heterocycles. The minimum atomic E-state index is -4.66. The third-order valence-corrected chi connectivity index (χ3v) is 3.73. The van der Waals surface area contributed by atoms with Crippen LogP contribution in [0.15, 0.2) is 65.5 Å². The minimum absolute atomic E-state index is 0.215. The minimum Gasteiger partial charge on any atom is -0.726 e. The Balaban J connectivity index is 1.69. The van der Waals surface area contributed by atoms with Crippen LogP contribution >= 0.6 is 0 Å². The molecule has 24 heavy (non-hydrogen) atoms. The van der Waals surface area contributed by atoms with Gasteiger partial charge in [0.1, 0.15) is 6.61 Å². The molecular weight excluding hydrogens is 332 g/mol. The van der Waals surface area contributed by atoms with E-state index in [1.54, 1.807) is 35.3 Å². The van der Waals surface area contributed by atoms with Crippen molar-refractivity contribution in [1.82, 2.24) is 4.98 Å². The van der Waals surface area contributed by atoms with E-state index >= 15 is 0 Å². The van der Waals surface area contributed by atoms with E-state index in [1.807, 2.05) is 30.3 Å². The summed E-state index contributed by atoms with van der Waals surface area (Å²) in [7, 11) is -4.66. The molecule has 0 atom stereocenters. The van der Waals surface area contributed by atoms with Gasteiger partial charge in [0.2, 0.25) is 16.3 Å². The van der Waals surface area contributed by atoms with E-state index in [4.69, 9.17) is 4.42 Å². The largest absolute Gasteiger partial charge is 0.726 e. The molecule has 0 radical (unpaired) electrons. The van der Waals surface area contributed by atoms with Crippen molar-refractivity contribution in [2.75, 3.05) is 6.61 Å². The number of oxazole rings is 1. The molecule has 3 rings (SSSR count). The van der Waals surface area contributed by atoms with Crippen LogP contribution in [0.25, 0.3) is 22.8 Å². The van der Waals surface area contributed by atoms with Crippen molar-refractivity contribution >= 4 is 10.4 Å². The van der Waals surface area contributed by atoms with Gasteiger partial charge in [-0.3, -0.25) is 4.18 Å². The number of aromatic nitrogens is 2. The van der Waals surface area contributed by atoms with Crippen molar-refractivity contribution in [1.29, 1.82) is 0 Å². The van der Waals surface area contributed by atoms with Gasteiger partial charge >= 0.3 is 0 Å². The summed E-state index contributed by atoms with van der Waals surface area (Å²) in [6, 6.07) is 13.2. The SMILES string of the molecule is O=S(=O)([O-])OCC[n+]1ccc(-c2ncc(-c3ccccc3)o2)cc1. The van der Waals surface area contributed by atoms with Gasteiger partial charge in [0, 0.05) is 23.3 Å². The number of benzene rings is 1. The zero-order chi connectivity index (χ0) is 17.0. The van der Waals surface area contributed by atoms with Crippen LogP contribution in [0, 0.1) is 0 Å². The predicted octanol–water partition coefficient (Wildman–Crippen LogP) is 1.77. The Morgan fingerprint density at radius 2 is 1.79 bits per heavy atom. The summed E-state index contributed by atoms with van der Waals surface area (Å²) in [6.45, 7) is 0.0234. The fourth-order valence-corrected chi connectivity index (χ4v) is 2.42. The molecule has 0 aliphatic carbocycles. The molecule has 3 aromatic rings. The third-order valence-electron chi connectivity index (χ3n) is 3.28. The third kappa shape index (κ3) is 4.25. The lowest BCUT2D eigenvalue weighted by atomic mass is 10.2. The first-order valence-corrected chi connectivity index (χ1v) is 8.45. The van der Waals surface area contributed by atoms with Gasteiger partial charge in [0.25, 0.3) is 0 Å². The van der Waals surface area contributed by atoms with Gasteiger partial charge in [-0.25, -0.2) is 18.0 Å². The highest BCUT2D eigenvalue weighted by Crippen LogP contribution is 2.25. The van der Waals surface area contributed by atoms with Crippen LogP contribution in [-0.2, 0) is 21.1 Å². The molecule has 0 amide bonds. The molecule has 7 nitrogen and oxygen atoms in total. The Morgan fingerprint density at radius 1 is 1.08 bits per heavy atom. The first-order valence-electron chi connectivity index (χ1n) is 7.12. The monoisotopic (exact) mass is 346 g/mol. The van der Waals surface area contributed by atoms with Gasteiger partial charge in [-0.05, 0) is 0 Å². The molecule has 0 bridgehead atoms. The van der Waals surface area contributed by atoms with E-state index in [2.05, 4.69) is 9.17 Å². The number of nitrogens with zero attached hydrogens (tertiary/aromatic N) is 2. The van der Waals surface area contributed by atoms with Crippen molar-refractivity contribution in [3.63, 3.8) is 0 Å². The second-order valence-electron chi connectivity index (χ2n) is 4.95. The van der Waals surface area contributed by atoms with E-state index < -0.39 is 10.4 Å². The first-order chi connectivity index (χ1) is 11.5. The summed E-state index contributed by atoms with van der Waals surface area (Å²) in [4.78, 5) is 4.27. The predicted molar refractivity (Wildman–Crippen MR) is 83.2 cm³/mol. The molecule has 0 N–H and O–H groups in total. The van der Waals surface area contributed by atoms with Gasteiger partial charge in [0.15, 0.2) is 24.7 Å². The van der Waals surface area contributed by atoms with Crippen molar-refractivity contribution in [2.24, 2.45) is 0 Å². The lowest BCUT2D eigenvalue weighted by molar-refractivity contribution is -0.697. The van der Waals surface area contributed by atoms with Crippen LogP contribution in [0.3, 0.4) is 0 Å². The normalized spacial score (nSPS) is 11.5. The summed E-state index contributed by atoms with van der Waals surface area (Å²) in [5, 5.41) is 0. The van der Waals surface area contributed by atoms with Crippen molar-refractivity contribution in [3.05, 3.63) is 61.1 Å². The molecule has 0 saturated carbocycles. The Labute approximate surface area is 139 Å². The quantitative estimate of drug-likeness (QED) is 0.383. The zero-order valence-electron chi connectivity index (χ0n) is 12.5. The molecule has 1 aromatic carbocycles. The maximum absolute atomic E-state index is 10.4. The molecule has 0 aliphatic heterocycles. The number of hydrogen-bond acceptors (Lipinski definition) is 6. The lowest BCUT2D eigenvalue weighted by Gasteiger charge is -2.05. The van der Waals surface area contributed by atoms with Crippen molar-refractivity contribution < 1.29 is 26.1 Å². The highest BCUT2D eigenvalue weighted by molar-refractivity contribution is 7.80. The molecule has 2 heterocycles. The zero-order valence-corrected chi connectivity index (χ0v) is 13.3. The van der Waals surface area contributed by atoms with E-state index in [1.165, 1.54) is 0 Å². The van der Waals surface area contributed by atoms with E-state index in [9.17, 15) is 13.0 Å². The molecule has 0 fully saturated rings. The van der Waals surface area contributed by atoms with Crippen LogP contribution in [0.5, 0.6) is 0 Å². The maximum atomic E-state index is 10.4. The van der Waals surface area contributed by atoms with E-state index in [-0.39, 0.29) is 13.2 Å². The van der Waals surface area contributed by atoms with Crippen molar-refractivity contribution in [3.8, 4) is 22.8 Å². The van der Waals surface area contributed by atoms with E-state index in [0.717, 1.165) is 11.1 Å². The van der Waals surface area contributed by atoms with Crippen LogP contribution < -0.4 is 4.57 Å². The molecule has 0 unspecified atom stereocenters. The Bertz CT molecular complexity index is 905. The highest BCUT2D eigenvalue weighted by Gasteiger charge is 2.10. The second kappa shape index (κ2) is 6.91. The van der Waals surface area contributed by atoms with Gasteiger partial charge < -0.3 is 8.97 Å². The van der Waals surface area contributed by atoms with Crippen LogP contribution in [0.4, 0.5) is 0 Å². The summed E-state index contributed by atoms with van der Waals surface area (Å²) in [5.74, 6) is 1.16.